The molecular formula is C15H30N2O. The van der Waals surface area contributed by atoms with Crippen molar-refractivity contribution >= 4 is 5.91 Å². The van der Waals surface area contributed by atoms with Crippen molar-refractivity contribution in [1.29, 1.82) is 0 Å². The fourth-order valence-electron chi connectivity index (χ4n) is 3.00. The fraction of sp³-hybridized carbons (Fsp3) is 0.933. The number of nitrogens with two attached hydrogens (primary N) is 1. The van der Waals surface area contributed by atoms with E-state index < -0.39 is 0 Å². The minimum atomic E-state index is 0.181. The standard InChI is InChI=1S/C15H30N2O/c1-3-5-8-12(4-2)15(18)17-14(11-16)13-9-6-7-10-13/h12-14H,3-11,16H2,1-2H3,(H,17,18). The van der Waals surface area contributed by atoms with E-state index in [4.69, 9.17) is 5.73 Å². The maximum absolute atomic E-state index is 12.2. The Morgan fingerprint density at radius 2 is 2.00 bits per heavy atom. The summed E-state index contributed by atoms with van der Waals surface area (Å²) in [5.74, 6) is 1.02. The molecule has 3 heteroatoms. The smallest absolute Gasteiger partial charge is 0.223 e. The van der Waals surface area contributed by atoms with Crippen molar-refractivity contribution in [3.05, 3.63) is 0 Å². The van der Waals surface area contributed by atoms with Crippen molar-refractivity contribution in [1.82, 2.24) is 5.32 Å². The molecule has 106 valence electrons. The van der Waals surface area contributed by atoms with Crippen molar-refractivity contribution in [3.8, 4) is 0 Å². The van der Waals surface area contributed by atoms with Crippen LogP contribution in [0.25, 0.3) is 0 Å². The number of amides is 1. The second-order valence-corrected chi connectivity index (χ2v) is 5.64. The molecular weight excluding hydrogens is 224 g/mol. The summed E-state index contributed by atoms with van der Waals surface area (Å²) in [5, 5.41) is 3.20. The van der Waals surface area contributed by atoms with Gasteiger partial charge in [0.2, 0.25) is 5.91 Å². The predicted octanol–water partition coefficient (Wildman–Crippen LogP) is 2.84. The van der Waals surface area contributed by atoms with Crippen molar-refractivity contribution in [3.63, 3.8) is 0 Å². The third-order valence-electron chi connectivity index (χ3n) is 4.32. The lowest BCUT2D eigenvalue weighted by Crippen LogP contribution is -2.46. The fourth-order valence-corrected chi connectivity index (χ4v) is 3.00. The topological polar surface area (TPSA) is 55.1 Å². The maximum atomic E-state index is 12.2. The van der Waals surface area contributed by atoms with E-state index >= 15 is 0 Å². The Morgan fingerprint density at radius 1 is 1.33 bits per heavy atom. The number of nitrogens with one attached hydrogen (secondary N) is 1. The summed E-state index contributed by atoms with van der Waals surface area (Å²) in [4.78, 5) is 12.2. The lowest BCUT2D eigenvalue weighted by Gasteiger charge is -2.25. The Kier molecular flexibility index (Phi) is 7.33. The Labute approximate surface area is 112 Å². The van der Waals surface area contributed by atoms with Crippen LogP contribution < -0.4 is 11.1 Å². The molecule has 2 atom stereocenters. The van der Waals surface area contributed by atoms with Gasteiger partial charge in [-0.3, -0.25) is 4.79 Å². The van der Waals surface area contributed by atoms with E-state index in [2.05, 4.69) is 19.2 Å². The first-order valence-corrected chi connectivity index (χ1v) is 7.73. The molecule has 2 unspecified atom stereocenters. The van der Waals surface area contributed by atoms with Crippen molar-refractivity contribution in [2.75, 3.05) is 6.54 Å². The van der Waals surface area contributed by atoms with E-state index in [1.165, 1.54) is 25.7 Å². The van der Waals surface area contributed by atoms with Crippen LogP contribution in [0.5, 0.6) is 0 Å². The molecule has 18 heavy (non-hydrogen) atoms. The zero-order valence-corrected chi connectivity index (χ0v) is 12.1. The third kappa shape index (κ3) is 4.60. The molecule has 0 aromatic heterocycles. The lowest BCUT2D eigenvalue weighted by molar-refractivity contribution is -0.126. The molecule has 1 rings (SSSR count). The van der Waals surface area contributed by atoms with Crippen LogP contribution in [0.1, 0.15) is 65.2 Å². The first-order chi connectivity index (χ1) is 8.72. The summed E-state index contributed by atoms with van der Waals surface area (Å²) >= 11 is 0. The van der Waals surface area contributed by atoms with Gasteiger partial charge in [0.25, 0.3) is 0 Å². The molecule has 0 saturated heterocycles. The average molecular weight is 254 g/mol. The molecule has 0 aromatic carbocycles. The summed E-state index contributed by atoms with van der Waals surface area (Å²) in [5.41, 5.74) is 5.83. The van der Waals surface area contributed by atoms with E-state index in [9.17, 15) is 4.79 Å². The van der Waals surface area contributed by atoms with E-state index in [0.29, 0.717) is 12.5 Å². The molecule has 3 N–H and O–H groups in total. The number of unbranched alkanes of at least 4 members (excludes halogenated alkanes) is 1. The molecule has 3 nitrogen and oxygen atoms in total. The molecule has 1 saturated carbocycles. The summed E-state index contributed by atoms with van der Waals surface area (Å²) in [7, 11) is 0. The van der Waals surface area contributed by atoms with Crippen molar-refractivity contribution in [2.45, 2.75) is 71.3 Å². The third-order valence-corrected chi connectivity index (χ3v) is 4.32. The normalized spacial score (nSPS) is 19.7. The van der Waals surface area contributed by atoms with Gasteiger partial charge >= 0.3 is 0 Å². The number of hydrogen-bond acceptors (Lipinski definition) is 2. The predicted molar refractivity (Wildman–Crippen MR) is 76.2 cm³/mol. The van der Waals surface area contributed by atoms with Gasteiger partial charge in [0.15, 0.2) is 0 Å². The molecule has 1 aliphatic carbocycles. The molecule has 0 aliphatic heterocycles. The number of carbonyl (C=O) groups is 1. The van der Waals surface area contributed by atoms with Crippen LogP contribution in [0.15, 0.2) is 0 Å². The van der Waals surface area contributed by atoms with Gasteiger partial charge in [-0.15, -0.1) is 0 Å². The van der Waals surface area contributed by atoms with Crippen molar-refractivity contribution < 1.29 is 4.79 Å². The minimum absolute atomic E-state index is 0.181. The summed E-state index contributed by atoms with van der Waals surface area (Å²) < 4.78 is 0. The lowest BCUT2D eigenvalue weighted by atomic mass is 9.94. The van der Waals surface area contributed by atoms with Gasteiger partial charge in [-0.25, -0.2) is 0 Å². The monoisotopic (exact) mass is 254 g/mol. The number of hydrogen-bond donors (Lipinski definition) is 2. The zero-order chi connectivity index (χ0) is 13.4. The SMILES string of the molecule is CCCCC(CC)C(=O)NC(CN)C1CCCC1. The molecule has 0 radical (unpaired) electrons. The molecule has 0 aromatic rings. The summed E-state index contributed by atoms with van der Waals surface area (Å²) in [6, 6.07) is 0.204. The largest absolute Gasteiger partial charge is 0.352 e. The Balaban J connectivity index is 2.43. The second kappa shape index (κ2) is 8.52. The van der Waals surface area contributed by atoms with Crippen LogP contribution in [0.4, 0.5) is 0 Å². The molecule has 1 amide bonds. The van der Waals surface area contributed by atoms with Crippen LogP contribution in [0, 0.1) is 11.8 Å². The van der Waals surface area contributed by atoms with Gasteiger partial charge in [-0.1, -0.05) is 39.5 Å². The van der Waals surface area contributed by atoms with Gasteiger partial charge in [-0.05, 0) is 31.6 Å². The highest BCUT2D eigenvalue weighted by atomic mass is 16.1. The Morgan fingerprint density at radius 3 is 2.50 bits per heavy atom. The van der Waals surface area contributed by atoms with Crippen molar-refractivity contribution in [2.24, 2.45) is 17.6 Å². The number of carbonyl (C=O) groups excluding carboxylic acids is 1. The van der Waals surface area contributed by atoms with E-state index in [1.807, 2.05) is 0 Å². The summed E-state index contributed by atoms with van der Waals surface area (Å²) in [6.45, 7) is 4.86. The van der Waals surface area contributed by atoms with Gasteiger partial charge in [0.05, 0.1) is 0 Å². The zero-order valence-electron chi connectivity index (χ0n) is 12.1. The Hall–Kier alpha value is -0.570. The maximum Gasteiger partial charge on any atom is 0.223 e. The minimum Gasteiger partial charge on any atom is -0.352 e. The molecule has 1 fully saturated rings. The van der Waals surface area contributed by atoms with Crippen LogP contribution in [0.2, 0.25) is 0 Å². The average Bonchev–Trinajstić information content (AvgIpc) is 2.90. The van der Waals surface area contributed by atoms with Gasteiger partial charge in [0, 0.05) is 18.5 Å². The van der Waals surface area contributed by atoms with Crippen LogP contribution in [-0.4, -0.2) is 18.5 Å². The summed E-state index contributed by atoms with van der Waals surface area (Å²) in [6.07, 6.45) is 9.31. The highest BCUT2D eigenvalue weighted by molar-refractivity contribution is 5.78. The highest BCUT2D eigenvalue weighted by Crippen LogP contribution is 2.27. The molecule has 0 bridgehead atoms. The first-order valence-electron chi connectivity index (χ1n) is 7.73. The van der Waals surface area contributed by atoms with Gasteiger partial charge in [0.1, 0.15) is 0 Å². The van der Waals surface area contributed by atoms with E-state index in [0.717, 1.165) is 25.7 Å². The second-order valence-electron chi connectivity index (χ2n) is 5.64. The Bertz CT molecular complexity index is 237. The van der Waals surface area contributed by atoms with Crippen LogP contribution >= 0.6 is 0 Å². The molecule has 0 heterocycles. The van der Waals surface area contributed by atoms with Crippen LogP contribution in [0.3, 0.4) is 0 Å². The number of rotatable bonds is 8. The molecule has 1 aliphatic rings. The van der Waals surface area contributed by atoms with Gasteiger partial charge < -0.3 is 11.1 Å². The molecule has 0 spiro atoms. The quantitative estimate of drug-likeness (QED) is 0.700. The van der Waals surface area contributed by atoms with E-state index in [1.54, 1.807) is 0 Å². The first kappa shape index (κ1) is 15.5. The highest BCUT2D eigenvalue weighted by Gasteiger charge is 2.27. The van der Waals surface area contributed by atoms with Gasteiger partial charge in [-0.2, -0.15) is 0 Å². The van der Waals surface area contributed by atoms with E-state index in [-0.39, 0.29) is 17.9 Å². The van der Waals surface area contributed by atoms with Crippen LogP contribution in [-0.2, 0) is 4.79 Å².